The topological polar surface area (TPSA) is 53.4 Å². The molecule has 2 unspecified atom stereocenters. The smallest absolute Gasteiger partial charge is 0.307 e. The summed E-state index contributed by atoms with van der Waals surface area (Å²) in [5.41, 5.74) is 4.65. The van der Waals surface area contributed by atoms with Gasteiger partial charge in [-0.3, -0.25) is 14.7 Å². The number of rotatable bonds is 4. The van der Waals surface area contributed by atoms with E-state index >= 15 is 0 Å². The molecule has 2 aromatic rings. The fraction of sp³-hybridized carbons (Fsp3) is 0.400. The van der Waals surface area contributed by atoms with Crippen LogP contribution < -0.4 is 0 Å². The lowest BCUT2D eigenvalue weighted by molar-refractivity contribution is -0.143. The second kappa shape index (κ2) is 7.14. The zero-order valence-corrected chi connectivity index (χ0v) is 14.3. The Morgan fingerprint density at radius 3 is 2.79 bits per heavy atom. The molecule has 1 aromatic heterocycles. The highest BCUT2D eigenvalue weighted by atomic mass is 16.4. The maximum Gasteiger partial charge on any atom is 0.307 e. The van der Waals surface area contributed by atoms with Crippen LogP contribution in [0, 0.1) is 19.8 Å². The number of aromatic nitrogens is 1. The molecule has 1 aliphatic rings. The molecule has 0 aliphatic carbocycles. The Morgan fingerprint density at radius 1 is 1.29 bits per heavy atom. The van der Waals surface area contributed by atoms with Gasteiger partial charge in [-0.15, -0.1) is 0 Å². The van der Waals surface area contributed by atoms with E-state index in [0.717, 1.165) is 25.1 Å². The molecule has 1 fully saturated rings. The fourth-order valence-electron chi connectivity index (χ4n) is 3.66. The zero-order chi connectivity index (χ0) is 17.1. The van der Waals surface area contributed by atoms with Crippen LogP contribution in [0.15, 0.2) is 42.6 Å². The van der Waals surface area contributed by atoms with Crippen LogP contribution >= 0.6 is 0 Å². The molecular formula is C20H24N2O2. The predicted molar refractivity (Wildman–Crippen MR) is 93.9 cm³/mol. The first-order valence-corrected chi connectivity index (χ1v) is 8.51. The summed E-state index contributed by atoms with van der Waals surface area (Å²) in [4.78, 5) is 18.3. The Labute approximate surface area is 143 Å². The van der Waals surface area contributed by atoms with Gasteiger partial charge in [-0.1, -0.05) is 29.8 Å². The van der Waals surface area contributed by atoms with Crippen LogP contribution in [-0.2, 0) is 4.79 Å². The van der Waals surface area contributed by atoms with Crippen molar-refractivity contribution >= 4 is 5.97 Å². The molecule has 24 heavy (non-hydrogen) atoms. The third-order valence-electron chi connectivity index (χ3n) is 4.86. The molecular weight excluding hydrogens is 300 g/mol. The number of carboxylic acid groups (broad SMARTS) is 1. The molecule has 0 saturated carbocycles. The Hall–Kier alpha value is -2.20. The van der Waals surface area contributed by atoms with Gasteiger partial charge in [0.2, 0.25) is 0 Å². The Morgan fingerprint density at radius 2 is 2.12 bits per heavy atom. The maximum atomic E-state index is 11.5. The van der Waals surface area contributed by atoms with Crippen molar-refractivity contribution in [1.82, 2.24) is 9.88 Å². The number of carboxylic acids is 1. The largest absolute Gasteiger partial charge is 0.481 e. The van der Waals surface area contributed by atoms with Crippen molar-refractivity contribution in [3.8, 4) is 0 Å². The summed E-state index contributed by atoms with van der Waals surface area (Å²) in [6.45, 7) is 5.69. The third kappa shape index (κ3) is 3.49. The minimum absolute atomic E-state index is 0.00829. The second-order valence-electron chi connectivity index (χ2n) is 6.69. The SMILES string of the molecule is Cc1ccc(C(c2ccccn2)N2CCCC(C(=O)O)C2)c(C)c1. The first-order chi connectivity index (χ1) is 11.6. The van der Waals surface area contributed by atoms with Gasteiger partial charge in [-0.25, -0.2) is 0 Å². The van der Waals surface area contributed by atoms with Gasteiger partial charge in [-0.2, -0.15) is 0 Å². The van der Waals surface area contributed by atoms with Crippen LogP contribution in [0.4, 0.5) is 0 Å². The molecule has 2 atom stereocenters. The average Bonchev–Trinajstić information content (AvgIpc) is 2.58. The second-order valence-corrected chi connectivity index (χ2v) is 6.69. The summed E-state index contributed by atoms with van der Waals surface area (Å²) in [6, 6.07) is 12.4. The maximum absolute atomic E-state index is 11.5. The lowest BCUT2D eigenvalue weighted by Gasteiger charge is -2.37. The van der Waals surface area contributed by atoms with Crippen molar-refractivity contribution in [2.75, 3.05) is 13.1 Å². The lowest BCUT2D eigenvalue weighted by Crippen LogP contribution is -2.41. The van der Waals surface area contributed by atoms with E-state index in [2.05, 4.69) is 41.9 Å². The molecule has 4 nitrogen and oxygen atoms in total. The number of carbonyl (C=O) groups is 1. The van der Waals surface area contributed by atoms with Crippen molar-refractivity contribution in [3.05, 3.63) is 65.0 Å². The summed E-state index contributed by atoms with van der Waals surface area (Å²) >= 11 is 0. The average molecular weight is 324 g/mol. The van der Waals surface area contributed by atoms with E-state index in [1.54, 1.807) is 0 Å². The minimum atomic E-state index is -0.694. The van der Waals surface area contributed by atoms with Gasteiger partial charge in [0.25, 0.3) is 0 Å². The highest BCUT2D eigenvalue weighted by Crippen LogP contribution is 2.33. The molecule has 1 aliphatic heterocycles. The van der Waals surface area contributed by atoms with Gasteiger partial charge in [0.05, 0.1) is 17.7 Å². The molecule has 0 amide bonds. The standard InChI is InChI=1S/C20H24N2O2/c1-14-8-9-17(15(2)12-14)19(18-7-3-4-10-21-18)22-11-5-6-16(13-22)20(23)24/h3-4,7-10,12,16,19H,5-6,11,13H2,1-2H3,(H,23,24). The lowest BCUT2D eigenvalue weighted by atomic mass is 9.91. The van der Waals surface area contributed by atoms with Gasteiger partial charge in [0, 0.05) is 12.7 Å². The van der Waals surface area contributed by atoms with E-state index in [1.807, 2.05) is 24.4 Å². The van der Waals surface area contributed by atoms with Crippen LogP contribution in [0.5, 0.6) is 0 Å². The van der Waals surface area contributed by atoms with Gasteiger partial charge in [0.1, 0.15) is 0 Å². The van der Waals surface area contributed by atoms with E-state index in [1.165, 1.54) is 16.7 Å². The number of nitrogens with zero attached hydrogens (tertiary/aromatic N) is 2. The van der Waals surface area contributed by atoms with E-state index < -0.39 is 5.97 Å². The summed E-state index contributed by atoms with van der Waals surface area (Å²) in [5, 5.41) is 9.43. The number of aliphatic carboxylic acids is 1. The first kappa shape index (κ1) is 16.7. The van der Waals surface area contributed by atoms with Gasteiger partial charge in [0.15, 0.2) is 0 Å². The van der Waals surface area contributed by atoms with Crippen LogP contribution in [0.1, 0.15) is 41.3 Å². The predicted octanol–water partition coefficient (Wildman–Crippen LogP) is 3.58. The van der Waals surface area contributed by atoms with Crippen molar-refractivity contribution in [2.24, 2.45) is 5.92 Å². The van der Waals surface area contributed by atoms with E-state index in [0.29, 0.717) is 6.54 Å². The molecule has 0 bridgehead atoms. The number of benzene rings is 1. The number of pyridine rings is 1. The number of piperidine rings is 1. The first-order valence-electron chi connectivity index (χ1n) is 8.51. The molecule has 1 N–H and O–H groups in total. The number of likely N-dealkylation sites (tertiary alicyclic amines) is 1. The van der Waals surface area contributed by atoms with Crippen LogP contribution in [0.3, 0.4) is 0 Å². The summed E-state index contributed by atoms with van der Waals surface area (Å²) in [5.74, 6) is -0.990. The minimum Gasteiger partial charge on any atom is -0.481 e. The number of hydrogen-bond donors (Lipinski definition) is 1. The molecule has 1 aromatic carbocycles. The normalized spacial score (nSPS) is 19.8. The summed E-state index contributed by atoms with van der Waals surface area (Å²) < 4.78 is 0. The van der Waals surface area contributed by atoms with Crippen molar-refractivity contribution in [2.45, 2.75) is 32.7 Å². The van der Waals surface area contributed by atoms with Gasteiger partial charge >= 0.3 is 5.97 Å². The Bertz CT molecular complexity index is 715. The molecule has 126 valence electrons. The summed E-state index contributed by atoms with van der Waals surface area (Å²) in [7, 11) is 0. The highest BCUT2D eigenvalue weighted by Gasteiger charge is 2.32. The van der Waals surface area contributed by atoms with E-state index in [-0.39, 0.29) is 12.0 Å². The van der Waals surface area contributed by atoms with E-state index in [9.17, 15) is 9.90 Å². The summed E-state index contributed by atoms with van der Waals surface area (Å²) in [6.07, 6.45) is 3.48. The van der Waals surface area contributed by atoms with Crippen molar-refractivity contribution < 1.29 is 9.90 Å². The van der Waals surface area contributed by atoms with Crippen LogP contribution in [-0.4, -0.2) is 34.0 Å². The molecule has 1 saturated heterocycles. The zero-order valence-electron chi connectivity index (χ0n) is 14.3. The van der Waals surface area contributed by atoms with Gasteiger partial charge in [-0.05, 0) is 56.5 Å². The fourth-order valence-corrected chi connectivity index (χ4v) is 3.66. The van der Waals surface area contributed by atoms with E-state index in [4.69, 9.17) is 0 Å². The molecule has 4 heteroatoms. The highest BCUT2D eigenvalue weighted by molar-refractivity contribution is 5.70. The Kier molecular flexibility index (Phi) is 4.95. The third-order valence-corrected chi connectivity index (χ3v) is 4.86. The molecule has 0 radical (unpaired) electrons. The van der Waals surface area contributed by atoms with Crippen molar-refractivity contribution in [1.29, 1.82) is 0 Å². The quantitative estimate of drug-likeness (QED) is 0.934. The van der Waals surface area contributed by atoms with Crippen molar-refractivity contribution in [3.63, 3.8) is 0 Å². The monoisotopic (exact) mass is 324 g/mol. The van der Waals surface area contributed by atoms with Gasteiger partial charge < -0.3 is 5.11 Å². The Balaban J connectivity index is 2.01. The molecule has 2 heterocycles. The number of hydrogen-bond acceptors (Lipinski definition) is 3. The van der Waals surface area contributed by atoms with Crippen LogP contribution in [0.25, 0.3) is 0 Å². The molecule has 3 rings (SSSR count). The molecule has 0 spiro atoms. The number of aryl methyl sites for hydroxylation is 2. The van der Waals surface area contributed by atoms with Crippen LogP contribution in [0.2, 0.25) is 0 Å².